The predicted octanol–water partition coefficient (Wildman–Crippen LogP) is 3.13. The van der Waals surface area contributed by atoms with E-state index in [0.717, 1.165) is 45.2 Å². The van der Waals surface area contributed by atoms with E-state index in [9.17, 15) is 9.18 Å². The molecular formula is C17H24ClFN2O. The molecule has 1 saturated carbocycles. The molecule has 0 atom stereocenters. The van der Waals surface area contributed by atoms with Gasteiger partial charge in [-0.15, -0.1) is 12.4 Å². The molecule has 1 heterocycles. The first-order chi connectivity index (χ1) is 10.2. The fourth-order valence-corrected chi connectivity index (χ4v) is 3.27. The smallest absolute Gasteiger partial charge is 0.220 e. The second-order valence-electron chi connectivity index (χ2n) is 6.34. The maximum Gasteiger partial charge on any atom is 0.220 e. The lowest BCUT2D eigenvalue weighted by molar-refractivity contribution is -0.122. The van der Waals surface area contributed by atoms with Gasteiger partial charge in [0.1, 0.15) is 5.82 Å². The highest BCUT2D eigenvalue weighted by Crippen LogP contribution is 2.46. The number of hydrogen-bond donors (Lipinski definition) is 2. The van der Waals surface area contributed by atoms with E-state index in [1.54, 1.807) is 12.1 Å². The van der Waals surface area contributed by atoms with Crippen molar-refractivity contribution in [2.24, 2.45) is 5.92 Å². The Kier molecular flexibility index (Phi) is 5.81. The third kappa shape index (κ3) is 3.99. The molecule has 0 unspecified atom stereocenters. The predicted molar refractivity (Wildman–Crippen MR) is 87.5 cm³/mol. The third-order valence-electron chi connectivity index (χ3n) is 4.76. The van der Waals surface area contributed by atoms with Gasteiger partial charge in [-0.25, -0.2) is 4.39 Å². The summed E-state index contributed by atoms with van der Waals surface area (Å²) in [6, 6.07) is 6.78. The molecule has 1 aliphatic heterocycles. The van der Waals surface area contributed by atoms with Gasteiger partial charge in [0.15, 0.2) is 0 Å². The van der Waals surface area contributed by atoms with Crippen molar-refractivity contribution in [3.05, 3.63) is 35.6 Å². The molecular weight excluding hydrogens is 303 g/mol. The number of nitrogens with one attached hydrogen (secondary N) is 2. The fraction of sp³-hybridized carbons (Fsp3) is 0.588. The van der Waals surface area contributed by atoms with E-state index in [2.05, 4.69) is 10.6 Å². The molecule has 2 fully saturated rings. The van der Waals surface area contributed by atoms with E-state index in [1.807, 2.05) is 6.07 Å². The van der Waals surface area contributed by atoms with Crippen LogP contribution in [0.1, 0.15) is 44.1 Å². The van der Waals surface area contributed by atoms with E-state index < -0.39 is 5.54 Å². The van der Waals surface area contributed by atoms with Crippen LogP contribution >= 0.6 is 12.4 Å². The largest absolute Gasteiger partial charge is 0.346 e. The summed E-state index contributed by atoms with van der Waals surface area (Å²) in [6.45, 7) is 2.12. The molecule has 3 rings (SSSR count). The zero-order chi connectivity index (χ0) is 14.7. The lowest BCUT2D eigenvalue weighted by Gasteiger charge is -2.23. The zero-order valence-corrected chi connectivity index (χ0v) is 13.6. The number of carbonyl (C=O) groups excluding carboxylic acids is 1. The number of rotatable bonds is 5. The Morgan fingerprint density at radius 2 is 1.95 bits per heavy atom. The number of halogens is 2. The van der Waals surface area contributed by atoms with E-state index in [0.29, 0.717) is 17.9 Å². The average Bonchev–Trinajstić information content (AvgIpc) is 3.27. The van der Waals surface area contributed by atoms with E-state index in [4.69, 9.17) is 0 Å². The summed E-state index contributed by atoms with van der Waals surface area (Å²) in [6.07, 6.45) is 5.50. The van der Waals surface area contributed by atoms with Gasteiger partial charge in [0, 0.05) is 12.0 Å². The molecule has 2 aliphatic rings. The van der Waals surface area contributed by atoms with Crippen LogP contribution in [0, 0.1) is 11.7 Å². The van der Waals surface area contributed by atoms with Gasteiger partial charge in [0.2, 0.25) is 5.91 Å². The Morgan fingerprint density at radius 1 is 1.27 bits per heavy atom. The minimum atomic E-state index is -0.434. The van der Waals surface area contributed by atoms with Gasteiger partial charge in [0.05, 0.1) is 5.54 Å². The van der Waals surface area contributed by atoms with Gasteiger partial charge in [-0.05, 0) is 57.2 Å². The molecule has 5 heteroatoms. The van der Waals surface area contributed by atoms with Crippen LogP contribution in [0.3, 0.4) is 0 Å². The first-order valence-electron chi connectivity index (χ1n) is 7.96. The number of carbonyl (C=O) groups is 1. The van der Waals surface area contributed by atoms with Crippen LogP contribution < -0.4 is 10.6 Å². The van der Waals surface area contributed by atoms with Crippen molar-refractivity contribution in [2.75, 3.05) is 13.1 Å². The lowest BCUT2D eigenvalue weighted by Crippen LogP contribution is -2.36. The zero-order valence-electron chi connectivity index (χ0n) is 12.7. The van der Waals surface area contributed by atoms with Crippen LogP contribution in [0.25, 0.3) is 0 Å². The molecule has 3 nitrogen and oxygen atoms in total. The number of amides is 1. The van der Waals surface area contributed by atoms with E-state index in [1.165, 1.54) is 6.07 Å². The first-order valence-corrected chi connectivity index (χ1v) is 7.96. The van der Waals surface area contributed by atoms with Crippen molar-refractivity contribution in [2.45, 2.75) is 44.1 Å². The molecule has 1 aromatic rings. The highest BCUT2D eigenvalue weighted by molar-refractivity contribution is 5.85. The van der Waals surface area contributed by atoms with Gasteiger partial charge in [-0.3, -0.25) is 4.79 Å². The highest BCUT2D eigenvalue weighted by Gasteiger charge is 2.47. The minimum absolute atomic E-state index is 0. The lowest BCUT2D eigenvalue weighted by atomic mass is 9.93. The second kappa shape index (κ2) is 7.42. The molecule has 1 saturated heterocycles. The van der Waals surface area contributed by atoms with Crippen LogP contribution in [0.4, 0.5) is 4.39 Å². The summed E-state index contributed by atoms with van der Waals surface area (Å²) in [5.41, 5.74) is 0.205. The molecule has 22 heavy (non-hydrogen) atoms. The van der Waals surface area contributed by atoms with Gasteiger partial charge >= 0.3 is 0 Å². The summed E-state index contributed by atoms with van der Waals surface area (Å²) in [7, 11) is 0. The number of benzene rings is 1. The SMILES string of the molecule is Cl.O=C(CCC1CCNCC1)NC1(c2ccccc2F)CC1. The molecule has 0 aromatic heterocycles. The van der Waals surface area contributed by atoms with E-state index in [-0.39, 0.29) is 24.1 Å². The third-order valence-corrected chi connectivity index (χ3v) is 4.76. The van der Waals surface area contributed by atoms with Crippen molar-refractivity contribution in [1.29, 1.82) is 0 Å². The summed E-state index contributed by atoms with van der Waals surface area (Å²) < 4.78 is 13.9. The van der Waals surface area contributed by atoms with Gasteiger partial charge < -0.3 is 10.6 Å². The molecule has 122 valence electrons. The fourth-order valence-electron chi connectivity index (χ4n) is 3.27. The Bertz CT molecular complexity index is 513. The van der Waals surface area contributed by atoms with Gasteiger partial charge in [-0.1, -0.05) is 18.2 Å². The molecule has 1 aromatic carbocycles. The molecule has 1 aliphatic carbocycles. The molecule has 0 radical (unpaired) electrons. The first kappa shape index (κ1) is 17.2. The Hall–Kier alpha value is -1.13. The number of piperidine rings is 1. The minimum Gasteiger partial charge on any atom is -0.346 e. The van der Waals surface area contributed by atoms with Crippen molar-refractivity contribution in [3.8, 4) is 0 Å². The topological polar surface area (TPSA) is 41.1 Å². The summed E-state index contributed by atoms with van der Waals surface area (Å²) in [5.74, 6) is 0.503. The standard InChI is InChI=1S/C17H23FN2O.ClH/c18-15-4-2-1-3-14(15)17(9-10-17)20-16(21)6-5-13-7-11-19-12-8-13;/h1-4,13,19H,5-12H2,(H,20,21);1H. The van der Waals surface area contributed by atoms with Crippen LogP contribution in [-0.4, -0.2) is 19.0 Å². The summed E-state index contributed by atoms with van der Waals surface area (Å²) in [5, 5.41) is 6.41. The highest BCUT2D eigenvalue weighted by atomic mass is 35.5. The maximum atomic E-state index is 13.9. The van der Waals surface area contributed by atoms with Crippen LogP contribution in [-0.2, 0) is 10.3 Å². The average molecular weight is 327 g/mol. The van der Waals surface area contributed by atoms with Crippen LogP contribution in [0.15, 0.2) is 24.3 Å². The normalized spacial score (nSPS) is 20.0. The van der Waals surface area contributed by atoms with Crippen molar-refractivity contribution < 1.29 is 9.18 Å². The van der Waals surface area contributed by atoms with Crippen LogP contribution in [0.2, 0.25) is 0 Å². The molecule has 0 bridgehead atoms. The Morgan fingerprint density at radius 3 is 2.59 bits per heavy atom. The maximum absolute atomic E-state index is 13.9. The van der Waals surface area contributed by atoms with E-state index >= 15 is 0 Å². The number of hydrogen-bond acceptors (Lipinski definition) is 2. The van der Waals surface area contributed by atoms with Gasteiger partial charge in [-0.2, -0.15) is 0 Å². The van der Waals surface area contributed by atoms with Crippen molar-refractivity contribution in [3.63, 3.8) is 0 Å². The quantitative estimate of drug-likeness (QED) is 0.873. The summed E-state index contributed by atoms with van der Waals surface area (Å²) in [4.78, 5) is 12.2. The Balaban J connectivity index is 0.00000176. The molecule has 1 amide bonds. The van der Waals surface area contributed by atoms with Crippen LogP contribution in [0.5, 0.6) is 0 Å². The van der Waals surface area contributed by atoms with Gasteiger partial charge in [0.25, 0.3) is 0 Å². The Labute approximate surface area is 137 Å². The second-order valence-corrected chi connectivity index (χ2v) is 6.34. The molecule has 0 spiro atoms. The molecule has 2 N–H and O–H groups in total. The summed E-state index contributed by atoms with van der Waals surface area (Å²) >= 11 is 0. The van der Waals surface area contributed by atoms with Crippen molar-refractivity contribution in [1.82, 2.24) is 10.6 Å². The van der Waals surface area contributed by atoms with Crippen molar-refractivity contribution >= 4 is 18.3 Å². The monoisotopic (exact) mass is 326 g/mol.